The van der Waals surface area contributed by atoms with Crippen molar-refractivity contribution in [3.63, 3.8) is 0 Å². The molecule has 76 valence electrons. The Balaban J connectivity index is 4.53. The van der Waals surface area contributed by atoms with Gasteiger partial charge in [-0.2, -0.15) is 0 Å². The highest BCUT2D eigenvalue weighted by atomic mass is 15.1. The molecule has 0 aromatic heterocycles. The lowest BCUT2D eigenvalue weighted by Crippen LogP contribution is -2.38. The van der Waals surface area contributed by atoms with Crippen LogP contribution in [0.1, 0.15) is 41.0 Å². The molecule has 0 aliphatic rings. The second kappa shape index (κ2) is 5.11. The van der Waals surface area contributed by atoms with Crippen molar-refractivity contribution in [1.29, 1.82) is 0 Å². The van der Waals surface area contributed by atoms with Gasteiger partial charge in [-0.25, -0.2) is 0 Å². The summed E-state index contributed by atoms with van der Waals surface area (Å²) in [5, 5.41) is 0. The summed E-state index contributed by atoms with van der Waals surface area (Å²) in [4.78, 5) is 2.26. The Labute approximate surface area is 83.1 Å². The summed E-state index contributed by atoms with van der Waals surface area (Å²) in [7, 11) is 2.12. The molecule has 0 radical (unpaired) electrons. The number of hydrogen-bond donors (Lipinski definition) is 0. The Kier molecular flexibility index (Phi) is 4.82. The zero-order valence-electron chi connectivity index (χ0n) is 9.89. The Morgan fingerprint density at radius 3 is 2.31 bits per heavy atom. The van der Waals surface area contributed by atoms with Crippen molar-refractivity contribution in [2.24, 2.45) is 0 Å². The van der Waals surface area contributed by atoms with Gasteiger partial charge in [0, 0.05) is 7.05 Å². The smallest absolute Gasteiger partial charge is 0.0546 e. The summed E-state index contributed by atoms with van der Waals surface area (Å²) in [6.07, 6.45) is 7.61. The third-order valence-corrected chi connectivity index (χ3v) is 2.84. The minimum Gasteiger partial charge on any atom is -0.372 e. The minimum atomic E-state index is 0.125. The molecule has 0 aliphatic heterocycles. The number of hydrogen-bond acceptors (Lipinski definition) is 1. The summed E-state index contributed by atoms with van der Waals surface area (Å²) < 4.78 is 0. The molecule has 0 N–H and O–H groups in total. The maximum Gasteiger partial charge on any atom is 0.0546 e. The van der Waals surface area contributed by atoms with Gasteiger partial charge in [0.1, 0.15) is 0 Å². The van der Waals surface area contributed by atoms with Crippen LogP contribution in [0, 0.1) is 0 Å². The summed E-state index contributed by atoms with van der Waals surface area (Å²) in [6, 6.07) is 0. The van der Waals surface area contributed by atoms with Crippen LogP contribution in [0.3, 0.4) is 0 Å². The van der Waals surface area contributed by atoms with Crippen LogP contribution in [0.2, 0.25) is 0 Å². The molecule has 0 aromatic carbocycles. The van der Waals surface area contributed by atoms with Gasteiger partial charge in [-0.15, -0.1) is 0 Å². The molecule has 0 atom stereocenters. The molecule has 0 amide bonds. The van der Waals surface area contributed by atoms with Gasteiger partial charge in [-0.05, 0) is 40.3 Å². The van der Waals surface area contributed by atoms with E-state index in [9.17, 15) is 0 Å². The van der Waals surface area contributed by atoms with Crippen LogP contribution in [0.4, 0.5) is 0 Å². The van der Waals surface area contributed by atoms with Crippen LogP contribution in [0.25, 0.3) is 0 Å². The fraction of sp³-hybridized carbons (Fsp3) is 0.667. The SMILES string of the molecule is C/C=C(\C)C(C)(C)N(C)/C=C\CC. The van der Waals surface area contributed by atoms with Crippen molar-refractivity contribution in [3.8, 4) is 0 Å². The number of rotatable bonds is 4. The van der Waals surface area contributed by atoms with E-state index in [0.29, 0.717) is 0 Å². The van der Waals surface area contributed by atoms with Crippen LogP contribution in [-0.4, -0.2) is 17.5 Å². The highest BCUT2D eigenvalue weighted by molar-refractivity contribution is 5.15. The highest BCUT2D eigenvalue weighted by Gasteiger charge is 2.22. The lowest BCUT2D eigenvalue weighted by molar-refractivity contribution is 0.269. The van der Waals surface area contributed by atoms with Crippen molar-refractivity contribution >= 4 is 0 Å². The van der Waals surface area contributed by atoms with Crippen molar-refractivity contribution in [1.82, 2.24) is 4.90 Å². The number of nitrogens with zero attached hydrogens (tertiary/aromatic N) is 1. The van der Waals surface area contributed by atoms with Crippen LogP contribution >= 0.6 is 0 Å². The Bertz CT molecular complexity index is 199. The molecule has 0 aliphatic carbocycles. The molecule has 0 rings (SSSR count). The molecule has 0 saturated heterocycles. The van der Waals surface area contributed by atoms with E-state index in [1.54, 1.807) is 0 Å². The van der Waals surface area contributed by atoms with Gasteiger partial charge in [0.15, 0.2) is 0 Å². The molecule has 1 heteroatoms. The quantitative estimate of drug-likeness (QED) is 0.599. The van der Waals surface area contributed by atoms with Crippen molar-refractivity contribution in [2.75, 3.05) is 7.05 Å². The molecule has 0 spiro atoms. The lowest BCUT2D eigenvalue weighted by Gasteiger charge is -2.36. The molecule has 0 bridgehead atoms. The average molecular weight is 181 g/mol. The van der Waals surface area contributed by atoms with Crippen LogP contribution in [-0.2, 0) is 0 Å². The largest absolute Gasteiger partial charge is 0.372 e. The molecule has 1 nitrogen and oxygen atoms in total. The fourth-order valence-corrected chi connectivity index (χ4v) is 1.08. The van der Waals surface area contributed by atoms with E-state index < -0.39 is 0 Å². The summed E-state index contributed by atoms with van der Waals surface area (Å²) in [5.41, 5.74) is 1.52. The Morgan fingerprint density at radius 2 is 1.92 bits per heavy atom. The number of allylic oxidation sites excluding steroid dienone is 2. The lowest BCUT2D eigenvalue weighted by atomic mass is 9.94. The third kappa shape index (κ3) is 3.25. The monoisotopic (exact) mass is 181 g/mol. The molecule has 0 fully saturated rings. The van der Waals surface area contributed by atoms with Crippen molar-refractivity contribution < 1.29 is 0 Å². The molecular formula is C12H23N. The third-order valence-electron chi connectivity index (χ3n) is 2.84. The maximum absolute atomic E-state index is 2.26. The van der Waals surface area contributed by atoms with Crippen LogP contribution < -0.4 is 0 Å². The van der Waals surface area contributed by atoms with E-state index in [1.807, 2.05) is 0 Å². The van der Waals surface area contributed by atoms with Gasteiger partial charge in [-0.3, -0.25) is 0 Å². The van der Waals surface area contributed by atoms with Gasteiger partial charge in [0.25, 0.3) is 0 Å². The van der Waals surface area contributed by atoms with Gasteiger partial charge >= 0.3 is 0 Å². The maximum atomic E-state index is 2.26. The zero-order chi connectivity index (χ0) is 10.5. The minimum absolute atomic E-state index is 0.125. The van der Waals surface area contributed by atoms with Crippen molar-refractivity contribution in [2.45, 2.75) is 46.6 Å². The topological polar surface area (TPSA) is 3.24 Å². The standard InChI is InChI=1S/C12H23N/c1-7-9-10-13(6)12(4,5)11(3)8-2/h8-10H,7H2,1-6H3/b10-9-,11-8+. The Morgan fingerprint density at radius 1 is 1.38 bits per heavy atom. The first-order chi connectivity index (χ1) is 5.96. The van der Waals surface area contributed by atoms with Gasteiger partial charge < -0.3 is 4.90 Å². The predicted octanol–water partition coefficient (Wildman–Crippen LogP) is 3.59. The summed E-state index contributed by atoms with van der Waals surface area (Å²) in [6.45, 7) is 10.9. The van der Waals surface area contributed by atoms with E-state index in [0.717, 1.165) is 6.42 Å². The van der Waals surface area contributed by atoms with E-state index >= 15 is 0 Å². The van der Waals surface area contributed by atoms with E-state index in [4.69, 9.17) is 0 Å². The molecule has 0 saturated carbocycles. The Hall–Kier alpha value is -0.720. The molecule has 0 unspecified atom stereocenters. The summed E-state index contributed by atoms with van der Waals surface area (Å²) >= 11 is 0. The zero-order valence-corrected chi connectivity index (χ0v) is 9.89. The first-order valence-corrected chi connectivity index (χ1v) is 4.99. The molecule has 0 aromatic rings. The van der Waals surface area contributed by atoms with Crippen LogP contribution in [0.15, 0.2) is 23.9 Å². The molecule has 13 heavy (non-hydrogen) atoms. The van der Waals surface area contributed by atoms with E-state index in [2.05, 4.69) is 64.9 Å². The first-order valence-electron chi connectivity index (χ1n) is 4.99. The van der Waals surface area contributed by atoms with E-state index in [1.165, 1.54) is 5.57 Å². The predicted molar refractivity (Wildman–Crippen MR) is 60.7 cm³/mol. The van der Waals surface area contributed by atoms with Gasteiger partial charge in [0.05, 0.1) is 5.54 Å². The van der Waals surface area contributed by atoms with Crippen LogP contribution in [0.5, 0.6) is 0 Å². The first kappa shape index (κ1) is 12.3. The summed E-state index contributed by atoms with van der Waals surface area (Å²) in [5.74, 6) is 0. The van der Waals surface area contributed by atoms with Crippen molar-refractivity contribution in [3.05, 3.63) is 23.9 Å². The highest BCUT2D eigenvalue weighted by Crippen LogP contribution is 2.22. The molecular weight excluding hydrogens is 158 g/mol. The fourth-order valence-electron chi connectivity index (χ4n) is 1.08. The second-order valence-corrected chi connectivity index (χ2v) is 3.93. The van der Waals surface area contributed by atoms with Gasteiger partial charge in [-0.1, -0.05) is 24.6 Å². The van der Waals surface area contributed by atoms with Gasteiger partial charge in [0.2, 0.25) is 0 Å². The normalized spacial score (nSPS) is 13.8. The van der Waals surface area contributed by atoms with E-state index in [-0.39, 0.29) is 5.54 Å². The number of likely N-dealkylation sites (N-methyl/N-ethyl adjacent to an activating group) is 1. The second-order valence-electron chi connectivity index (χ2n) is 3.93. The average Bonchev–Trinajstić information content (AvgIpc) is 2.12. The molecule has 0 heterocycles.